The van der Waals surface area contributed by atoms with E-state index in [2.05, 4.69) is 21.3 Å². The van der Waals surface area contributed by atoms with Crippen molar-refractivity contribution in [2.24, 2.45) is 33.6 Å². The fourth-order valence-corrected chi connectivity index (χ4v) is 0.878. The van der Waals surface area contributed by atoms with Crippen molar-refractivity contribution in [2.45, 2.75) is 0 Å². The van der Waals surface area contributed by atoms with Gasteiger partial charge in [-0.15, -0.1) is 10.2 Å². The topological polar surface area (TPSA) is 246 Å². The SMILES string of the molecule is NN1NN=C(C(=O)[O-])N1N.NN1NN=C(C(=O)[O-])N1N.[Zn+2]. The van der Waals surface area contributed by atoms with Crippen molar-refractivity contribution in [1.82, 2.24) is 31.8 Å². The van der Waals surface area contributed by atoms with E-state index in [9.17, 15) is 19.8 Å². The van der Waals surface area contributed by atoms with Crippen molar-refractivity contribution < 1.29 is 39.3 Å². The van der Waals surface area contributed by atoms with Gasteiger partial charge in [-0.1, -0.05) is 0 Å². The molecule has 10 N–H and O–H groups in total. The predicted molar refractivity (Wildman–Crippen MR) is 55.3 cm³/mol. The molecule has 0 atom stereocenters. The van der Waals surface area contributed by atoms with E-state index in [0.717, 1.165) is 0 Å². The molecule has 0 aromatic heterocycles. The Bertz CT molecular complexity index is 424. The van der Waals surface area contributed by atoms with E-state index >= 15 is 0 Å². The Balaban J connectivity index is 0.000000364. The van der Waals surface area contributed by atoms with E-state index in [1.54, 1.807) is 0 Å². The summed E-state index contributed by atoms with van der Waals surface area (Å²) < 4.78 is 0. The Hall–Kier alpha value is -2.14. The molecule has 2 heterocycles. The second-order valence-electron chi connectivity index (χ2n) is 3.02. The molecule has 2 aliphatic rings. The van der Waals surface area contributed by atoms with Crippen molar-refractivity contribution in [3.8, 4) is 0 Å². The van der Waals surface area contributed by atoms with Gasteiger partial charge in [-0.25, -0.2) is 34.4 Å². The standard InChI is InChI=1S/2C2H6N6O2.Zn/c2*3-7-1(2(9)10)5-6-8(7)4;/h2*6H,3-4H2,(H,9,10);/q;;+2/p-2. The number of amidine groups is 2. The number of aliphatic carboxylic acids is 2. The summed E-state index contributed by atoms with van der Waals surface area (Å²) in [5.74, 6) is 16.2. The van der Waals surface area contributed by atoms with Crippen LogP contribution in [0, 0.1) is 0 Å². The fraction of sp³-hybridized carbons (Fsp3) is 0. The summed E-state index contributed by atoms with van der Waals surface area (Å²) in [6.07, 6.45) is 0. The van der Waals surface area contributed by atoms with Gasteiger partial charge in [0.2, 0.25) is 11.7 Å². The molecule has 0 saturated carbocycles. The first kappa shape index (κ1) is 18.9. The van der Waals surface area contributed by atoms with Crippen LogP contribution >= 0.6 is 0 Å². The van der Waals surface area contributed by atoms with Crippen LogP contribution in [0.15, 0.2) is 10.2 Å². The maximum atomic E-state index is 10.1. The Kier molecular flexibility index (Phi) is 6.82. The average Bonchev–Trinajstić information content (AvgIpc) is 2.86. The van der Waals surface area contributed by atoms with Crippen LogP contribution in [0.3, 0.4) is 0 Å². The first-order chi connectivity index (χ1) is 9.25. The Morgan fingerprint density at radius 1 is 0.857 bits per heavy atom. The molecule has 17 heteroatoms. The molecule has 0 spiro atoms. The normalized spacial score (nSPS) is 17.7. The number of carboxylic acid groups (broad SMARTS) is 2. The van der Waals surface area contributed by atoms with Crippen LogP contribution in [-0.2, 0) is 29.1 Å². The Morgan fingerprint density at radius 3 is 1.24 bits per heavy atom. The molecule has 16 nitrogen and oxygen atoms in total. The van der Waals surface area contributed by atoms with Gasteiger partial charge in [0.15, 0.2) is 0 Å². The molecule has 0 saturated heterocycles. The van der Waals surface area contributed by atoms with E-state index in [-0.39, 0.29) is 19.5 Å². The molecule has 0 aliphatic carbocycles. The molecule has 0 bridgehead atoms. The van der Waals surface area contributed by atoms with Crippen molar-refractivity contribution in [3.05, 3.63) is 0 Å². The smallest absolute Gasteiger partial charge is 0.541 e. The number of nitrogens with one attached hydrogen (secondary N) is 2. The fourth-order valence-electron chi connectivity index (χ4n) is 0.878. The predicted octanol–water partition coefficient (Wildman–Crippen LogP) is -8.33. The van der Waals surface area contributed by atoms with Gasteiger partial charge in [-0.2, -0.15) is 10.2 Å². The number of carboxylic acids is 2. The molecule has 112 valence electrons. The largest absolute Gasteiger partial charge is 2.00 e. The van der Waals surface area contributed by atoms with Crippen molar-refractivity contribution in [1.29, 1.82) is 0 Å². The van der Waals surface area contributed by atoms with Crippen molar-refractivity contribution in [3.63, 3.8) is 0 Å². The van der Waals surface area contributed by atoms with Gasteiger partial charge in [-0.05, 0) is 10.5 Å². The van der Waals surface area contributed by atoms with Gasteiger partial charge in [0.05, 0.1) is 0 Å². The molecule has 21 heavy (non-hydrogen) atoms. The molecule has 0 fully saturated rings. The van der Waals surface area contributed by atoms with E-state index in [1.807, 2.05) is 0 Å². The Morgan fingerprint density at radius 2 is 1.14 bits per heavy atom. The van der Waals surface area contributed by atoms with Crippen LogP contribution in [0.5, 0.6) is 0 Å². The zero-order valence-corrected chi connectivity index (χ0v) is 13.3. The Labute approximate surface area is 129 Å². The number of hydrazine groups is 8. The number of carbonyl (C=O) groups is 2. The molecular formula is C4H10N12O4Zn. The number of nitrogens with zero attached hydrogens (tertiary/aromatic N) is 6. The van der Waals surface area contributed by atoms with E-state index in [0.29, 0.717) is 20.7 Å². The molecule has 0 aromatic carbocycles. The quantitative estimate of drug-likeness (QED) is 0.199. The number of carbonyl (C=O) groups excluding carboxylic acids is 2. The van der Waals surface area contributed by atoms with Gasteiger partial charge in [0, 0.05) is 0 Å². The summed E-state index contributed by atoms with van der Waals surface area (Å²) >= 11 is 0. The average molecular weight is 356 g/mol. The van der Waals surface area contributed by atoms with Crippen LogP contribution in [0.1, 0.15) is 0 Å². The first-order valence-electron chi connectivity index (χ1n) is 4.54. The van der Waals surface area contributed by atoms with Gasteiger partial charge in [-0.3, -0.25) is 0 Å². The molecule has 0 radical (unpaired) electrons. The van der Waals surface area contributed by atoms with Crippen molar-refractivity contribution >= 4 is 23.6 Å². The maximum absolute atomic E-state index is 10.1. The van der Waals surface area contributed by atoms with E-state index in [1.165, 1.54) is 0 Å². The van der Waals surface area contributed by atoms with Gasteiger partial charge >= 0.3 is 19.5 Å². The van der Waals surface area contributed by atoms with Crippen LogP contribution in [0.25, 0.3) is 0 Å². The van der Waals surface area contributed by atoms with Gasteiger partial charge < -0.3 is 19.8 Å². The number of nitrogens with two attached hydrogens (primary N) is 4. The van der Waals surface area contributed by atoms with Crippen LogP contribution in [-0.4, -0.2) is 44.3 Å². The summed E-state index contributed by atoms with van der Waals surface area (Å²) in [7, 11) is 0. The third-order valence-electron chi connectivity index (χ3n) is 1.78. The number of hydrazone groups is 2. The van der Waals surface area contributed by atoms with E-state index in [4.69, 9.17) is 23.4 Å². The minimum Gasteiger partial charge on any atom is -0.541 e. The molecule has 0 amide bonds. The summed E-state index contributed by atoms with van der Waals surface area (Å²) in [5, 5.41) is 29.2. The van der Waals surface area contributed by atoms with Gasteiger partial charge in [0.1, 0.15) is 11.9 Å². The maximum Gasteiger partial charge on any atom is 2.00 e. The second kappa shape index (κ2) is 7.59. The monoisotopic (exact) mass is 354 g/mol. The minimum atomic E-state index is -1.50. The van der Waals surface area contributed by atoms with Crippen LogP contribution in [0.4, 0.5) is 0 Å². The number of rotatable bonds is 2. The third-order valence-corrected chi connectivity index (χ3v) is 1.78. The summed E-state index contributed by atoms with van der Waals surface area (Å²) in [5.41, 5.74) is 4.16. The van der Waals surface area contributed by atoms with Crippen LogP contribution in [0.2, 0.25) is 0 Å². The molecule has 0 unspecified atom stereocenters. The second-order valence-corrected chi connectivity index (χ2v) is 3.02. The first-order valence-corrected chi connectivity index (χ1v) is 4.54. The summed E-state index contributed by atoms with van der Waals surface area (Å²) in [6.45, 7) is 0. The van der Waals surface area contributed by atoms with Crippen LogP contribution < -0.4 is 44.7 Å². The zero-order valence-electron chi connectivity index (χ0n) is 10.3. The third kappa shape index (κ3) is 4.43. The van der Waals surface area contributed by atoms with E-state index < -0.39 is 23.6 Å². The molecule has 2 rings (SSSR count). The number of hydrogen-bond donors (Lipinski definition) is 6. The molecular weight excluding hydrogens is 346 g/mol. The zero-order chi connectivity index (χ0) is 15.4. The molecule has 2 aliphatic heterocycles. The summed E-state index contributed by atoms with van der Waals surface area (Å²) in [4.78, 5) is 20.1. The molecule has 0 aromatic rings. The number of hydrogen-bond acceptors (Lipinski definition) is 16. The van der Waals surface area contributed by atoms with Crippen molar-refractivity contribution in [2.75, 3.05) is 0 Å². The summed E-state index contributed by atoms with van der Waals surface area (Å²) in [6, 6.07) is 0. The van der Waals surface area contributed by atoms with Gasteiger partial charge in [0.25, 0.3) is 0 Å². The minimum absolute atomic E-state index is 0.